The first-order chi connectivity index (χ1) is 14.2. The molecule has 29 heavy (non-hydrogen) atoms. The highest BCUT2D eigenvalue weighted by Gasteiger charge is 2.16. The third-order valence-corrected chi connectivity index (χ3v) is 6.27. The van der Waals surface area contributed by atoms with Crippen molar-refractivity contribution in [3.05, 3.63) is 0 Å². The number of esters is 1. The molecule has 0 bridgehead atoms. The van der Waals surface area contributed by atoms with Crippen molar-refractivity contribution in [1.82, 2.24) is 0 Å². The Morgan fingerprint density at radius 3 is 1.55 bits per heavy atom. The van der Waals surface area contributed by atoms with E-state index in [0.29, 0.717) is 12.5 Å². The summed E-state index contributed by atoms with van der Waals surface area (Å²) in [5.74, 6) is 0.662. The highest BCUT2D eigenvalue weighted by atomic mass is 16.5. The molecule has 0 aromatic heterocycles. The van der Waals surface area contributed by atoms with E-state index in [4.69, 9.17) is 4.74 Å². The van der Waals surface area contributed by atoms with E-state index >= 15 is 0 Å². The molecule has 0 aliphatic heterocycles. The molecule has 0 aromatic rings. The molecule has 0 spiro atoms. The van der Waals surface area contributed by atoms with E-state index in [1.165, 1.54) is 116 Å². The summed E-state index contributed by atoms with van der Waals surface area (Å²) in [7, 11) is 0. The van der Waals surface area contributed by atoms with Gasteiger partial charge in [0.25, 0.3) is 0 Å². The number of carbonyl (C=O) groups is 1. The summed E-state index contributed by atoms with van der Waals surface area (Å²) in [4.78, 5) is 12.3. The SMILES string of the molecule is CCCCCCCCCCCCCCC(C)C(=O)OCC(CCC)CCCCC. The van der Waals surface area contributed by atoms with Gasteiger partial charge in [0.05, 0.1) is 12.5 Å². The lowest BCUT2D eigenvalue weighted by atomic mass is 9.97. The Morgan fingerprint density at radius 2 is 1.03 bits per heavy atom. The molecule has 2 nitrogen and oxygen atoms in total. The molecule has 2 heteroatoms. The monoisotopic (exact) mass is 410 g/mol. The van der Waals surface area contributed by atoms with Crippen LogP contribution in [0.15, 0.2) is 0 Å². The average molecular weight is 411 g/mol. The van der Waals surface area contributed by atoms with Gasteiger partial charge in [-0.3, -0.25) is 4.79 Å². The average Bonchev–Trinajstić information content (AvgIpc) is 2.72. The second kappa shape index (κ2) is 22.2. The first kappa shape index (κ1) is 28.5. The number of unbranched alkanes of at least 4 members (excludes halogenated alkanes) is 13. The predicted molar refractivity (Wildman–Crippen MR) is 128 cm³/mol. The molecule has 0 N–H and O–H groups in total. The summed E-state index contributed by atoms with van der Waals surface area (Å²) in [5.41, 5.74) is 0. The molecule has 0 radical (unpaired) electrons. The van der Waals surface area contributed by atoms with Crippen LogP contribution in [-0.2, 0) is 9.53 Å². The van der Waals surface area contributed by atoms with Crippen LogP contribution in [0.1, 0.15) is 150 Å². The Morgan fingerprint density at radius 1 is 0.586 bits per heavy atom. The van der Waals surface area contributed by atoms with Gasteiger partial charge in [0, 0.05) is 0 Å². The lowest BCUT2D eigenvalue weighted by Gasteiger charge is -2.18. The van der Waals surface area contributed by atoms with Crippen molar-refractivity contribution >= 4 is 5.97 Å². The van der Waals surface area contributed by atoms with Crippen LogP contribution in [-0.4, -0.2) is 12.6 Å². The molecule has 0 heterocycles. The smallest absolute Gasteiger partial charge is 0.308 e. The van der Waals surface area contributed by atoms with Crippen molar-refractivity contribution in [1.29, 1.82) is 0 Å². The summed E-state index contributed by atoms with van der Waals surface area (Å²) in [6, 6.07) is 0. The summed E-state index contributed by atoms with van der Waals surface area (Å²) in [6.45, 7) is 9.44. The summed E-state index contributed by atoms with van der Waals surface area (Å²) < 4.78 is 5.67. The molecule has 0 saturated carbocycles. The lowest BCUT2D eigenvalue weighted by molar-refractivity contribution is -0.149. The second-order valence-corrected chi connectivity index (χ2v) is 9.36. The van der Waals surface area contributed by atoms with Gasteiger partial charge >= 0.3 is 5.97 Å². The minimum atomic E-state index is 0.0321. The van der Waals surface area contributed by atoms with Crippen molar-refractivity contribution in [3.63, 3.8) is 0 Å². The molecule has 0 rings (SSSR count). The molecule has 2 atom stereocenters. The predicted octanol–water partition coefficient (Wildman–Crippen LogP) is 9.25. The van der Waals surface area contributed by atoms with Crippen LogP contribution in [0.2, 0.25) is 0 Å². The first-order valence-corrected chi connectivity index (χ1v) is 13.3. The van der Waals surface area contributed by atoms with Gasteiger partial charge in [-0.15, -0.1) is 0 Å². The number of carbonyl (C=O) groups excluding carboxylic acids is 1. The van der Waals surface area contributed by atoms with E-state index in [2.05, 4.69) is 20.8 Å². The molecular formula is C27H54O2. The number of hydrogen-bond acceptors (Lipinski definition) is 2. The van der Waals surface area contributed by atoms with Crippen LogP contribution >= 0.6 is 0 Å². The topological polar surface area (TPSA) is 26.3 Å². The van der Waals surface area contributed by atoms with Crippen molar-refractivity contribution in [3.8, 4) is 0 Å². The fraction of sp³-hybridized carbons (Fsp3) is 0.963. The Balaban J connectivity index is 3.60. The van der Waals surface area contributed by atoms with Gasteiger partial charge in [0.15, 0.2) is 0 Å². The van der Waals surface area contributed by atoms with Crippen LogP contribution in [0.25, 0.3) is 0 Å². The Labute approximate surface area is 184 Å². The second-order valence-electron chi connectivity index (χ2n) is 9.36. The first-order valence-electron chi connectivity index (χ1n) is 13.3. The van der Waals surface area contributed by atoms with E-state index in [1.54, 1.807) is 0 Å². The molecule has 2 unspecified atom stereocenters. The lowest BCUT2D eigenvalue weighted by Crippen LogP contribution is -2.19. The Hall–Kier alpha value is -0.530. The highest BCUT2D eigenvalue weighted by molar-refractivity contribution is 5.71. The third kappa shape index (κ3) is 19.2. The molecule has 174 valence electrons. The zero-order chi connectivity index (χ0) is 21.6. The summed E-state index contributed by atoms with van der Waals surface area (Å²) >= 11 is 0. The van der Waals surface area contributed by atoms with Gasteiger partial charge in [-0.05, 0) is 25.2 Å². The minimum absolute atomic E-state index is 0.0321. The van der Waals surface area contributed by atoms with Crippen molar-refractivity contribution in [2.24, 2.45) is 11.8 Å². The van der Waals surface area contributed by atoms with Gasteiger partial charge in [0.2, 0.25) is 0 Å². The normalized spacial score (nSPS) is 13.4. The highest BCUT2D eigenvalue weighted by Crippen LogP contribution is 2.19. The van der Waals surface area contributed by atoms with Gasteiger partial charge in [-0.25, -0.2) is 0 Å². The quantitative estimate of drug-likeness (QED) is 0.131. The van der Waals surface area contributed by atoms with E-state index < -0.39 is 0 Å². The molecule has 0 aliphatic carbocycles. The summed E-state index contributed by atoms with van der Waals surface area (Å²) in [6.07, 6.45) is 24.8. The van der Waals surface area contributed by atoms with E-state index in [0.717, 1.165) is 6.42 Å². The van der Waals surface area contributed by atoms with Crippen LogP contribution < -0.4 is 0 Å². The maximum atomic E-state index is 12.3. The summed E-state index contributed by atoms with van der Waals surface area (Å²) in [5, 5.41) is 0. The van der Waals surface area contributed by atoms with Crippen LogP contribution in [0, 0.1) is 11.8 Å². The van der Waals surface area contributed by atoms with E-state index in [1.807, 2.05) is 6.92 Å². The zero-order valence-electron chi connectivity index (χ0n) is 20.6. The Kier molecular flexibility index (Phi) is 21.8. The molecule has 0 amide bonds. The Bertz CT molecular complexity index is 339. The van der Waals surface area contributed by atoms with Gasteiger partial charge in [-0.1, -0.05) is 130 Å². The molecule has 0 aliphatic rings. The van der Waals surface area contributed by atoms with E-state index in [9.17, 15) is 4.79 Å². The largest absolute Gasteiger partial charge is 0.465 e. The van der Waals surface area contributed by atoms with Gasteiger partial charge < -0.3 is 4.74 Å². The maximum Gasteiger partial charge on any atom is 0.308 e. The van der Waals surface area contributed by atoms with Gasteiger partial charge in [-0.2, -0.15) is 0 Å². The third-order valence-electron chi connectivity index (χ3n) is 6.27. The van der Waals surface area contributed by atoms with Crippen molar-refractivity contribution in [2.75, 3.05) is 6.61 Å². The van der Waals surface area contributed by atoms with Crippen LogP contribution in [0.5, 0.6) is 0 Å². The molecule has 0 aromatic carbocycles. The zero-order valence-corrected chi connectivity index (χ0v) is 20.6. The van der Waals surface area contributed by atoms with Crippen LogP contribution in [0.3, 0.4) is 0 Å². The van der Waals surface area contributed by atoms with Crippen molar-refractivity contribution < 1.29 is 9.53 Å². The van der Waals surface area contributed by atoms with Gasteiger partial charge in [0.1, 0.15) is 0 Å². The fourth-order valence-corrected chi connectivity index (χ4v) is 4.15. The van der Waals surface area contributed by atoms with Crippen molar-refractivity contribution in [2.45, 2.75) is 150 Å². The molecular weight excluding hydrogens is 356 g/mol. The molecule has 0 fully saturated rings. The van der Waals surface area contributed by atoms with Crippen LogP contribution in [0.4, 0.5) is 0 Å². The minimum Gasteiger partial charge on any atom is -0.465 e. The van der Waals surface area contributed by atoms with E-state index in [-0.39, 0.29) is 11.9 Å². The number of rotatable bonds is 22. The molecule has 0 saturated heterocycles. The standard InChI is InChI=1S/C27H54O2/c1-5-8-10-11-12-13-14-15-16-17-18-20-22-25(4)27(28)29-24-26(21-7-3)23-19-9-6-2/h25-26H,5-24H2,1-4H3. The number of ether oxygens (including phenoxy) is 1. The fourth-order valence-electron chi connectivity index (χ4n) is 4.15. The number of hydrogen-bond donors (Lipinski definition) is 0. The maximum absolute atomic E-state index is 12.3.